The number of alkyl carbamates (subject to hydrolysis) is 1. The first-order valence-electron chi connectivity index (χ1n) is 7.96. The summed E-state index contributed by atoms with van der Waals surface area (Å²) in [6.07, 6.45) is -0.00833. The average Bonchev–Trinajstić information content (AvgIpc) is 2.44. The monoisotopic (exact) mass is 373 g/mol. The van der Waals surface area contributed by atoms with Crippen LogP contribution in [0.5, 0.6) is 0 Å². The van der Waals surface area contributed by atoms with E-state index >= 15 is 0 Å². The van der Waals surface area contributed by atoms with E-state index in [2.05, 4.69) is 9.50 Å². The number of benzene rings is 1. The van der Waals surface area contributed by atoms with Gasteiger partial charge in [0.2, 0.25) is 0 Å². The maximum absolute atomic E-state index is 11.8. The molecule has 1 rings (SSSR count). The summed E-state index contributed by atoms with van der Waals surface area (Å²) < 4.78 is 37.5. The van der Waals surface area contributed by atoms with Crippen molar-refractivity contribution in [2.24, 2.45) is 0 Å². The number of rotatable bonds is 8. The molecule has 0 aliphatic heterocycles. The molecule has 0 heterocycles. The van der Waals surface area contributed by atoms with Crippen molar-refractivity contribution in [2.75, 3.05) is 26.0 Å². The lowest BCUT2D eigenvalue weighted by molar-refractivity contribution is 0.0247. The highest BCUT2D eigenvalue weighted by Crippen LogP contribution is 2.18. The Kier molecular flexibility index (Phi) is 7.85. The Hall–Kier alpha value is -1.64. The summed E-state index contributed by atoms with van der Waals surface area (Å²) in [6, 6.07) is 7.67. The molecule has 0 bridgehead atoms. The lowest BCUT2D eigenvalue weighted by atomic mass is 10.1. The second-order valence-electron chi connectivity index (χ2n) is 6.68. The van der Waals surface area contributed by atoms with Crippen molar-refractivity contribution >= 4 is 16.2 Å². The van der Waals surface area contributed by atoms with Crippen molar-refractivity contribution in [1.29, 1.82) is 0 Å². The van der Waals surface area contributed by atoms with Gasteiger partial charge in [0.15, 0.2) is 0 Å². The molecule has 1 amide bonds. The fraction of sp³-hybridized carbons (Fsp3) is 0.588. The number of aryl methyl sites for hydroxylation is 1. The lowest BCUT2D eigenvalue weighted by Gasteiger charge is -2.22. The summed E-state index contributed by atoms with van der Waals surface area (Å²) in [5, 5.41) is 2.66. The molecular formula is C17H27NO6S. The minimum atomic E-state index is -3.51. The van der Waals surface area contributed by atoms with Crippen LogP contribution in [0.1, 0.15) is 38.0 Å². The third kappa shape index (κ3) is 10.1. The Morgan fingerprint density at radius 2 is 1.76 bits per heavy atom. The maximum Gasteiger partial charge on any atom is 0.407 e. The largest absolute Gasteiger partial charge is 0.444 e. The van der Waals surface area contributed by atoms with Crippen LogP contribution in [0.3, 0.4) is 0 Å². The molecule has 0 saturated heterocycles. The minimum Gasteiger partial charge on any atom is -0.444 e. The average molecular weight is 373 g/mol. The summed E-state index contributed by atoms with van der Waals surface area (Å²) in [7, 11) is -3.51. The molecule has 7 nitrogen and oxygen atoms in total. The van der Waals surface area contributed by atoms with Gasteiger partial charge in [-0.05, 0) is 33.3 Å². The predicted octanol–water partition coefficient (Wildman–Crippen LogP) is 2.55. The van der Waals surface area contributed by atoms with Crippen LogP contribution >= 0.6 is 0 Å². The number of hydrogen-bond donors (Lipinski definition) is 1. The van der Waals surface area contributed by atoms with Gasteiger partial charge in [-0.25, -0.2) is 4.79 Å². The number of nitrogens with one attached hydrogen (secondary N) is 1. The highest BCUT2D eigenvalue weighted by atomic mass is 32.2. The van der Waals surface area contributed by atoms with E-state index in [9.17, 15) is 13.2 Å². The first kappa shape index (κ1) is 21.4. The Labute approximate surface area is 149 Å². The van der Waals surface area contributed by atoms with E-state index in [0.29, 0.717) is 0 Å². The zero-order valence-corrected chi connectivity index (χ0v) is 16.2. The van der Waals surface area contributed by atoms with Gasteiger partial charge >= 0.3 is 6.09 Å². The maximum atomic E-state index is 11.8. The van der Waals surface area contributed by atoms with Crippen molar-refractivity contribution in [3.05, 3.63) is 35.4 Å². The van der Waals surface area contributed by atoms with Gasteiger partial charge in [-0.15, -0.1) is 0 Å². The molecular weight excluding hydrogens is 346 g/mol. The third-order valence-corrected chi connectivity index (χ3v) is 3.57. The van der Waals surface area contributed by atoms with Crippen LogP contribution in [0.15, 0.2) is 24.3 Å². The van der Waals surface area contributed by atoms with Crippen LogP contribution in [0.2, 0.25) is 0 Å². The van der Waals surface area contributed by atoms with E-state index in [1.54, 1.807) is 20.8 Å². The summed E-state index contributed by atoms with van der Waals surface area (Å²) in [4.78, 5) is 11.8. The van der Waals surface area contributed by atoms with Crippen molar-refractivity contribution < 1.29 is 26.9 Å². The Balaban J connectivity index is 2.65. The molecule has 0 aliphatic rings. The van der Waals surface area contributed by atoms with Crippen molar-refractivity contribution in [2.45, 2.75) is 39.4 Å². The standard InChI is InChI=1S/C17H27NO6S/c1-13-6-8-14(9-7-13)15(22-10-11-23-25(5,20)21)12-18-16(19)24-17(2,3)4/h6-9,15H,10-12H2,1-5H3,(H,18,19). The van der Waals surface area contributed by atoms with E-state index < -0.39 is 27.9 Å². The molecule has 8 heteroatoms. The Bertz CT molecular complexity index is 649. The van der Waals surface area contributed by atoms with Gasteiger partial charge < -0.3 is 14.8 Å². The van der Waals surface area contributed by atoms with Gasteiger partial charge in [0.05, 0.1) is 26.0 Å². The molecule has 25 heavy (non-hydrogen) atoms. The zero-order valence-electron chi connectivity index (χ0n) is 15.4. The van der Waals surface area contributed by atoms with Crippen molar-refractivity contribution in [3.8, 4) is 0 Å². The Morgan fingerprint density at radius 3 is 2.28 bits per heavy atom. The van der Waals surface area contributed by atoms with Crippen LogP contribution in [0.4, 0.5) is 4.79 Å². The summed E-state index contributed by atoms with van der Waals surface area (Å²) in [5.41, 5.74) is 1.37. The molecule has 0 spiro atoms. The molecule has 1 aromatic rings. The first-order valence-corrected chi connectivity index (χ1v) is 9.77. The lowest BCUT2D eigenvalue weighted by Crippen LogP contribution is -2.35. The topological polar surface area (TPSA) is 90.9 Å². The summed E-state index contributed by atoms with van der Waals surface area (Å²) in [5.74, 6) is 0. The smallest absolute Gasteiger partial charge is 0.407 e. The number of carbonyl (C=O) groups is 1. The summed E-state index contributed by atoms with van der Waals surface area (Å²) in [6.45, 7) is 7.49. The van der Waals surface area contributed by atoms with Gasteiger partial charge in [0, 0.05) is 0 Å². The van der Waals surface area contributed by atoms with E-state index in [4.69, 9.17) is 9.47 Å². The van der Waals surface area contributed by atoms with Crippen LogP contribution in [0, 0.1) is 6.92 Å². The highest BCUT2D eigenvalue weighted by Gasteiger charge is 2.19. The van der Waals surface area contributed by atoms with E-state index in [1.165, 1.54) is 0 Å². The molecule has 142 valence electrons. The quantitative estimate of drug-likeness (QED) is 0.556. The fourth-order valence-electron chi connectivity index (χ4n) is 1.92. The normalized spacial score (nSPS) is 13.3. The van der Waals surface area contributed by atoms with Gasteiger partial charge in [-0.3, -0.25) is 4.18 Å². The molecule has 1 aromatic carbocycles. The number of carbonyl (C=O) groups excluding carboxylic acids is 1. The molecule has 0 saturated carbocycles. The number of hydrogen-bond acceptors (Lipinski definition) is 6. The fourth-order valence-corrected chi connectivity index (χ4v) is 2.29. The molecule has 1 N–H and O–H groups in total. The van der Waals surface area contributed by atoms with Gasteiger partial charge in [0.25, 0.3) is 10.1 Å². The van der Waals surface area contributed by atoms with Crippen LogP contribution in [-0.2, 0) is 23.8 Å². The molecule has 0 radical (unpaired) electrons. The first-order chi connectivity index (χ1) is 11.5. The van der Waals surface area contributed by atoms with Gasteiger partial charge in [-0.1, -0.05) is 29.8 Å². The van der Waals surface area contributed by atoms with E-state index in [0.717, 1.165) is 17.4 Å². The molecule has 0 aliphatic carbocycles. The van der Waals surface area contributed by atoms with Gasteiger partial charge in [-0.2, -0.15) is 8.42 Å². The second-order valence-corrected chi connectivity index (χ2v) is 8.32. The molecule has 0 aromatic heterocycles. The minimum absolute atomic E-state index is 0.0710. The summed E-state index contributed by atoms with van der Waals surface area (Å²) >= 11 is 0. The van der Waals surface area contributed by atoms with E-state index in [-0.39, 0.29) is 19.8 Å². The van der Waals surface area contributed by atoms with Gasteiger partial charge in [0.1, 0.15) is 11.7 Å². The van der Waals surface area contributed by atoms with E-state index in [1.807, 2.05) is 31.2 Å². The predicted molar refractivity (Wildman–Crippen MR) is 94.9 cm³/mol. The molecule has 0 fully saturated rings. The third-order valence-electron chi connectivity index (χ3n) is 2.98. The Morgan fingerprint density at radius 1 is 1.16 bits per heavy atom. The molecule has 1 atom stereocenters. The zero-order chi connectivity index (χ0) is 19.1. The van der Waals surface area contributed by atoms with Crippen molar-refractivity contribution in [1.82, 2.24) is 5.32 Å². The SMILES string of the molecule is Cc1ccc(C(CNC(=O)OC(C)(C)C)OCCOS(C)(=O)=O)cc1. The van der Waals surface area contributed by atoms with Crippen LogP contribution in [-0.4, -0.2) is 46.1 Å². The van der Waals surface area contributed by atoms with Crippen LogP contribution in [0.25, 0.3) is 0 Å². The number of ether oxygens (including phenoxy) is 2. The van der Waals surface area contributed by atoms with Crippen molar-refractivity contribution in [3.63, 3.8) is 0 Å². The highest BCUT2D eigenvalue weighted by molar-refractivity contribution is 7.85. The number of amides is 1. The van der Waals surface area contributed by atoms with Crippen LogP contribution < -0.4 is 5.32 Å². The second kappa shape index (κ2) is 9.17. The molecule has 1 unspecified atom stereocenters.